The number of ether oxygens (including phenoxy) is 1. The third kappa shape index (κ3) is 5.61. The molecule has 0 unspecified atom stereocenters. The number of carboxylic acid groups (broad SMARTS) is 1. The van der Waals surface area contributed by atoms with Gasteiger partial charge in [0.15, 0.2) is 0 Å². The lowest BCUT2D eigenvalue weighted by atomic mass is 10.1. The average Bonchev–Trinajstić information content (AvgIpc) is 2.81. The minimum absolute atomic E-state index is 0.0500. The molecule has 2 N–H and O–H groups in total. The number of rotatable bonds is 9. The van der Waals surface area contributed by atoms with Crippen LogP contribution in [0.15, 0.2) is 63.6 Å². The molecule has 0 bridgehead atoms. The highest BCUT2D eigenvalue weighted by molar-refractivity contribution is 5.69. The normalized spacial score (nSPS) is 12.4. The van der Waals surface area contributed by atoms with Gasteiger partial charge in [-0.25, -0.2) is 19.1 Å². The van der Waals surface area contributed by atoms with Gasteiger partial charge in [0.2, 0.25) is 5.62 Å². The fourth-order valence-corrected chi connectivity index (χ4v) is 3.35. The molecule has 3 aromatic rings. The van der Waals surface area contributed by atoms with Crippen LogP contribution in [0, 0.1) is 12.8 Å². The Morgan fingerprint density at radius 2 is 1.91 bits per heavy atom. The highest BCUT2D eigenvalue weighted by Crippen LogP contribution is 2.25. The topological polar surface area (TPSA) is 119 Å². The number of aromatic amines is 1. The zero-order chi connectivity index (χ0) is 24.8. The van der Waals surface area contributed by atoms with Crippen LogP contribution in [0.1, 0.15) is 30.5 Å². The van der Waals surface area contributed by atoms with Gasteiger partial charge in [0.05, 0.1) is 24.8 Å². The van der Waals surface area contributed by atoms with Gasteiger partial charge in [-0.2, -0.15) is 0 Å². The van der Waals surface area contributed by atoms with Gasteiger partial charge in [-0.3, -0.25) is 14.3 Å². The summed E-state index contributed by atoms with van der Waals surface area (Å²) in [6.07, 6.45) is 1.64. The van der Waals surface area contributed by atoms with E-state index in [0.717, 1.165) is 21.3 Å². The highest BCUT2D eigenvalue weighted by atomic mass is 16.5. The van der Waals surface area contributed by atoms with Crippen molar-refractivity contribution in [1.82, 2.24) is 14.1 Å². The highest BCUT2D eigenvalue weighted by Gasteiger charge is 2.17. The van der Waals surface area contributed by atoms with Gasteiger partial charge in [-0.05, 0) is 37.6 Å². The van der Waals surface area contributed by atoms with Crippen molar-refractivity contribution in [3.8, 4) is 5.75 Å². The van der Waals surface area contributed by atoms with Crippen molar-refractivity contribution in [2.24, 2.45) is 10.9 Å². The summed E-state index contributed by atoms with van der Waals surface area (Å²) < 4.78 is 7.79. The van der Waals surface area contributed by atoms with Crippen molar-refractivity contribution in [2.75, 3.05) is 6.61 Å². The van der Waals surface area contributed by atoms with Gasteiger partial charge in [0.1, 0.15) is 5.75 Å². The van der Waals surface area contributed by atoms with Crippen LogP contribution in [-0.2, 0) is 17.9 Å². The number of carboxylic acids is 1. The van der Waals surface area contributed by atoms with Gasteiger partial charge in [0.25, 0.3) is 0 Å². The standard InChI is InChI=1S/C25H28N4O5/c1-5-19-13-20(11-12-21(19)34-6-2)26-23-27-24(32)29(14-17(4)22(30)31)25(33)28(23)15-18-9-7-16(3)8-10-18/h5,7-13,17H,1,6,14-15H2,2-4H3,(H,30,31)(H,26,27,32)/t17-/m0/s1. The van der Waals surface area contributed by atoms with Crippen LogP contribution in [0.2, 0.25) is 0 Å². The third-order valence-corrected chi connectivity index (χ3v) is 5.27. The average molecular weight is 465 g/mol. The van der Waals surface area contributed by atoms with Crippen LogP contribution < -0.4 is 21.7 Å². The summed E-state index contributed by atoms with van der Waals surface area (Å²) in [6.45, 7) is 9.45. The van der Waals surface area contributed by atoms with Crippen LogP contribution in [0.5, 0.6) is 5.75 Å². The molecule has 9 nitrogen and oxygen atoms in total. The summed E-state index contributed by atoms with van der Waals surface area (Å²) >= 11 is 0. The molecule has 9 heteroatoms. The molecule has 0 spiro atoms. The maximum absolute atomic E-state index is 13.3. The Balaban J connectivity index is 2.20. The number of nitrogens with one attached hydrogen (secondary N) is 1. The zero-order valence-electron chi connectivity index (χ0n) is 19.4. The third-order valence-electron chi connectivity index (χ3n) is 5.27. The molecular formula is C25H28N4O5. The van der Waals surface area contributed by atoms with Crippen molar-refractivity contribution in [2.45, 2.75) is 33.9 Å². The van der Waals surface area contributed by atoms with Gasteiger partial charge >= 0.3 is 17.3 Å². The fourth-order valence-electron chi connectivity index (χ4n) is 3.35. The van der Waals surface area contributed by atoms with Crippen LogP contribution in [-0.4, -0.2) is 31.8 Å². The van der Waals surface area contributed by atoms with E-state index in [9.17, 15) is 19.5 Å². The van der Waals surface area contributed by atoms with Crippen molar-refractivity contribution in [1.29, 1.82) is 0 Å². The number of hydrogen-bond donors (Lipinski definition) is 2. The van der Waals surface area contributed by atoms with Gasteiger partial charge in [-0.15, -0.1) is 0 Å². The first kappa shape index (κ1) is 24.5. The van der Waals surface area contributed by atoms with Crippen LogP contribution >= 0.6 is 0 Å². The first-order chi connectivity index (χ1) is 16.2. The number of aliphatic carboxylic acids is 1. The Bertz CT molecular complexity index is 1380. The largest absolute Gasteiger partial charge is 0.493 e. The molecular weight excluding hydrogens is 436 g/mol. The minimum Gasteiger partial charge on any atom is -0.493 e. The molecule has 0 aliphatic rings. The second-order valence-corrected chi connectivity index (χ2v) is 7.93. The molecule has 1 atom stereocenters. The van der Waals surface area contributed by atoms with Crippen molar-refractivity contribution < 1.29 is 14.6 Å². The Hall–Kier alpha value is -4.14. The second kappa shape index (κ2) is 10.7. The van der Waals surface area contributed by atoms with E-state index < -0.39 is 23.3 Å². The van der Waals surface area contributed by atoms with E-state index in [0.29, 0.717) is 18.0 Å². The number of benzene rings is 2. The molecule has 34 heavy (non-hydrogen) atoms. The van der Waals surface area contributed by atoms with Crippen LogP contribution in [0.25, 0.3) is 6.08 Å². The van der Waals surface area contributed by atoms with Crippen LogP contribution in [0.3, 0.4) is 0 Å². The Morgan fingerprint density at radius 1 is 1.21 bits per heavy atom. The van der Waals surface area contributed by atoms with E-state index in [1.54, 1.807) is 24.3 Å². The van der Waals surface area contributed by atoms with Gasteiger partial charge in [0, 0.05) is 12.1 Å². The van der Waals surface area contributed by atoms with Gasteiger partial charge in [-0.1, -0.05) is 49.4 Å². The van der Waals surface area contributed by atoms with E-state index in [1.165, 1.54) is 11.5 Å². The quantitative estimate of drug-likeness (QED) is 0.505. The maximum atomic E-state index is 13.3. The molecule has 0 aliphatic heterocycles. The fraction of sp³-hybridized carbons (Fsp3) is 0.280. The molecule has 0 radical (unpaired) electrons. The number of aryl methyl sites for hydroxylation is 1. The number of H-pyrrole nitrogens is 1. The smallest absolute Gasteiger partial charge is 0.335 e. The number of nitrogens with zero attached hydrogens (tertiary/aromatic N) is 3. The van der Waals surface area contributed by atoms with E-state index in [-0.39, 0.29) is 18.7 Å². The van der Waals surface area contributed by atoms with E-state index in [1.807, 2.05) is 38.1 Å². The molecule has 1 aromatic heterocycles. The maximum Gasteiger partial charge on any atom is 0.335 e. The number of carbonyl (C=O) groups is 1. The summed E-state index contributed by atoms with van der Waals surface area (Å²) in [5.41, 5.74) is 1.78. The van der Waals surface area contributed by atoms with Crippen molar-refractivity contribution in [3.05, 3.63) is 92.3 Å². The molecule has 0 saturated heterocycles. The molecule has 0 amide bonds. The summed E-state index contributed by atoms with van der Waals surface area (Å²) in [5.74, 6) is -1.37. The minimum atomic E-state index is -1.10. The first-order valence-corrected chi connectivity index (χ1v) is 10.9. The van der Waals surface area contributed by atoms with Gasteiger partial charge < -0.3 is 9.84 Å². The van der Waals surface area contributed by atoms with E-state index in [4.69, 9.17) is 4.74 Å². The molecule has 2 aromatic carbocycles. The van der Waals surface area contributed by atoms with E-state index in [2.05, 4.69) is 16.6 Å². The molecule has 178 valence electrons. The molecule has 3 rings (SSSR count). The second-order valence-electron chi connectivity index (χ2n) is 7.93. The Morgan fingerprint density at radius 3 is 2.53 bits per heavy atom. The molecule has 0 aliphatic carbocycles. The SMILES string of the molecule is C=Cc1cc(/N=c2\[nH]c(=O)n(C[C@H](C)C(=O)O)c(=O)n2Cc2ccc(C)cc2)ccc1OCC. The number of aromatic nitrogens is 3. The predicted molar refractivity (Wildman–Crippen MR) is 129 cm³/mol. The lowest BCUT2D eigenvalue weighted by Crippen LogP contribution is -2.51. The summed E-state index contributed by atoms with van der Waals surface area (Å²) in [4.78, 5) is 44.5. The molecule has 1 heterocycles. The summed E-state index contributed by atoms with van der Waals surface area (Å²) in [7, 11) is 0. The van der Waals surface area contributed by atoms with E-state index >= 15 is 0 Å². The lowest BCUT2D eigenvalue weighted by molar-refractivity contribution is -0.141. The Labute approximate surface area is 196 Å². The van der Waals surface area contributed by atoms with Crippen LogP contribution in [0.4, 0.5) is 5.69 Å². The summed E-state index contributed by atoms with van der Waals surface area (Å²) in [5, 5.41) is 9.24. The predicted octanol–water partition coefficient (Wildman–Crippen LogP) is 2.69. The number of hydrogen-bond acceptors (Lipinski definition) is 5. The summed E-state index contributed by atoms with van der Waals surface area (Å²) in [6, 6.07) is 12.8. The molecule has 0 saturated carbocycles. The monoisotopic (exact) mass is 464 g/mol. The Kier molecular flexibility index (Phi) is 7.68. The zero-order valence-corrected chi connectivity index (χ0v) is 19.4. The first-order valence-electron chi connectivity index (χ1n) is 10.9. The van der Waals surface area contributed by atoms with Crippen molar-refractivity contribution in [3.63, 3.8) is 0 Å². The van der Waals surface area contributed by atoms with Crippen molar-refractivity contribution >= 4 is 17.7 Å². The lowest BCUT2D eigenvalue weighted by Gasteiger charge is -2.13. The molecule has 0 fully saturated rings.